The highest BCUT2D eigenvalue weighted by molar-refractivity contribution is 7.89. The van der Waals surface area contributed by atoms with E-state index in [2.05, 4.69) is 4.72 Å². The second-order valence-electron chi connectivity index (χ2n) is 7.76. The monoisotopic (exact) mass is 376 g/mol. The minimum absolute atomic E-state index is 0.0351. The second kappa shape index (κ2) is 6.46. The number of amides is 2. The number of nitrogens with zero attached hydrogens (tertiary/aromatic N) is 1. The van der Waals surface area contributed by atoms with Gasteiger partial charge >= 0.3 is 0 Å². The van der Waals surface area contributed by atoms with E-state index in [1.54, 1.807) is 25.1 Å². The molecule has 1 heterocycles. The number of aryl methyl sites for hydroxylation is 1. The van der Waals surface area contributed by atoms with Crippen LogP contribution in [0.2, 0.25) is 0 Å². The van der Waals surface area contributed by atoms with Gasteiger partial charge in [0.05, 0.1) is 23.3 Å². The van der Waals surface area contributed by atoms with Crippen LogP contribution in [0.1, 0.15) is 49.7 Å². The lowest BCUT2D eigenvalue weighted by molar-refractivity contribution is -0.140. The third kappa shape index (κ3) is 3.18. The number of sulfonamides is 1. The Kier molecular flexibility index (Phi) is 4.39. The highest BCUT2D eigenvalue weighted by Crippen LogP contribution is 2.38. The zero-order valence-electron chi connectivity index (χ0n) is 14.9. The predicted molar refractivity (Wildman–Crippen MR) is 95.5 cm³/mol. The molecule has 1 aromatic rings. The molecule has 3 aliphatic rings. The molecule has 0 spiro atoms. The van der Waals surface area contributed by atoms with Crippen LogP contribution in [0.3, 0.4) is 0 Å². The number of imide groups is 1. The number of carbonyl (C=O) groups excluding carboxylic acids is 2. The number of hydrogen-bond donors (Lipinski definition) is 1. The lowest BCUT2D eigenvalue weighted by Gasteiger charge is -2.19. The highest BCUT2D eigenvalue weighted by Gasteiger charge is 2.47. The number of likely N-dealkylation sites (tertiary alicyclic amines) is 1. The van der Waals surface area contributed by atoms with E-state index < -0.39 is 10.0 Å². The molecule has 7 heteroatoms. The molecule has 3 fully saturated rings. The summed E-state index contributed by atoms with van der Waals surface area (Å²) in [5.41, 5.74) is 1.33. The van der Waals surface area contributed by atoms with Crippen molar-refractivity contribution >= 4 is 21.8 Å². The molecule has 2 saturated carbocycles. The Balaban J connectivity index is 1.58. The Bertz CT molecular complexity index is 836. The van der Waals surface area contributed by atoms with E-state index in [0.717, 1.165) is 38.5 Å². The van der Waals surface area contributed by atoms with Gasteiger partial charge in [-0.05, 0) is 49.8 Å². The number of carbonyl (C=O) groups is 2. The summed E-state index contributed by atoms with van der Waals surface area (Å²) in [5.74, 6) is -0.551. The molecule has 6 nitrogen and oxygen atoms in total. The normalized spacial score (nSPS) is 26.3. The molecule has 2 atom stereocenters. The largest absolute Gasteiger partial charge is 0.278 e. The zero-order chi connectivity index (χ0) is 18.5. The molecule has 0 unspecified atom stereocenters. The molecular weight excluding hydrogens is 352 g/mol. The minimum atomic E-state index is -3.57. The van der Waals surface area contributed by atoms with Gasteiger partial charge in [-0.3, -0.25) is 14.5 Å². The summed E-state index contributed by atoms with van der Waals surface area (Å²) in [6.45, 7) is 1.91. The molecule has 1 aromatic carbocycles. The maximum absolute atomic E-state index is 12.6. The first-order valence-corrected chi connectivity index (χ1v) is 10.8. The van der Waals surface area contributed by atoms with Crippen molar-refractivity contribution < 1.29 is 18.0 Å². The van der Waals surface area contributed by atoms with Crippen molar-refractivity contribution in [2.45, 2.75) is 62.9 Å². The molecule has 2 aliphatic carbocycles. The van der Waals surface area contributed by atoms with E-state index in [9.17, 15) is 18.0 Å². The fraction of sp³-hybridized carbons (Fsp3) is 0.579. The number of hydrogen-bond acceptors (Lipinski definition) is 4. The molecule has 2 amide bonds. The van der Waals surface area contributed by atoms with Gasteiger partial charge in [0.15, 0.2) is 0 Å². The van der Waals surface area contributed by atoms with Crippen LogP contribution in [0.4, 0.5) is 0 Å². The summed E-state index contributed by atoms with van der Waals surface area (Å²) in [6, 6.07) is 5.18. The Morgan fingerprint density at radius 3 is 2.23 bits per heavy atom. The summed E-state index contributed by atoms with van der Waals surface area (Å²) in [4.78, 5) is 26.8. The van der Waals surface area contributed by atoms with Crippen molar-refractivity contribution in [3.63, 3.8) is 0 Å². The third-order valence-corrected chi connectivity index (χ3v) is 7.38. The lowest BCUT2D eigenvalue weighted by Crippen LogP contribution is -2.31. The average Bonchev–Trinajstić information content (AvgIpc) is 3.39. The summed E-state index contributed by atoms with van der Waals surface area (Å²) in [5, 5.41) is 0. The molecule has 1 aliphatic heterocycles. The van der Waals surface area contributed by atoms with E-state index >= 15 is 0 Å². The smallest absolute Gasteiger partial charge is 0.241 e. The van der Waals surface area contributed by atoms with Crippen molar-refractivity contribution in [1.29, 1.82) is 0 Å². The SMILES string of the molecule is Cc1ccc(CN2C(=O)[C@H]3CCCC[C@H]3C2=O)cc1S(=O)(=O)NC1CC1. The summed E-state index contributed by atoms with van der Waals surface area (Å²) in [6.07, 6.45) is 5.30. The summed E-state index contributed by atoms with van der Waals surface area (Å²) >= 11 is 0. The number of nitrogens with one attached hydrogen (secondary N) is 1. The number of rotatable bonds is 5. The van der Waals surface area contributed by atoms with Crippen LogP contribution in [0.25, 0.3) is 0 Å². The molecule has 0 bridgehead atoms. The van der Waals surface area contributed by atoms with Crippen LogP contribution in [0, 0.1) is 18.8 Å². The highest BCUT2D eigenvalue weighted by atomic mass is 32.2. The Morgan fingerprint density at radius 1 is 1.04 bits per heavy atom. The average molecular weight is 376 g/mol. The van der Waals surface area contributed by atoms with E-state index in [1.165, 1.54) is 4.90 Å². The first-order valence-electron chi connectivity index (χ1n) is 9.34. The van der Waals surface area contributed by atoms with E-state index in [4.69, 9.17) is 0 Å². The quantitative estimate of drug-likeness (QED) is 0.798. The molecule has 1 saturated heterocycles. The Labute approximate surface area is 154 Å². The predicted octanol–water partition coefficient (Wildman–Crippen LogP) is 2.11. The van der Waals surface area contributed by atoms with Crippen molar-refractivity contribution in [2.75, 3.05) is 0 Å². The summed E-state index contributed by atoms with van der Waals surface area (Å²) in [7, 11) is -3.57. The van der Waals surface area contributed by atoms with Crippen LogP contribution in [-0.2, 0) is 26.2 Å². The van der Waals surface area contributed by atoms with E-state index in [1.807, 2.05) is 0 Å². The lowest BCUT2D eigenvalue weighted by atomic mass is 9.81. The van der Waals surface area contributed by atoms with E-state index in [-0.39, 0.29) is 41.1 Å². The topological polar surface area (TPSA) is 83.6 Å². The molecule has 140 valence electrons. The molecule has 4 rings (SSSR count). The second-order valence-corrected chi connectivity index (χ2v) is 9.44. The standard InChI is InChI=1S/C19H24N2O4S/c1-12-6-7-13(10-17(12)26(24,25)20-14-8-9-14)11-21-18(22)15-4-2-3-5-16(15)19(21)23/h6-7,10,14-16,20H,2-5,8-9,11H2,1H3/t15-,16+. The fourth-order valence-electron chi connectivity index (χ4n) is 4.09. The van der Waals surface area contributed by atoms with Crippen molar-refractivity contribution in [3.8, 4) is 0 Å². The van der Waals surface area contributed by atoms with Crippen molar-refractivity contribution in [2.24, 2.45) is 11.8 Å². The maximum atomic E-state index is 12.6. The van der Waals surface area contributed by atoms with Crippen LogP contribution in [0.5, 0.6) is 0 Å². The molecule has 1 N–H and O–H groups in total. The van der Waals surface area contributed by atoms with Crippen LogP contribution >= 0.6 is 0 Å². The van der Waals surface area contributed by atoms with Crippen molar-refractivity contribution in [3.05, 3.63) is 29.3 Å². The van der Waals surface area contributed by atoms with E-state index in [0.29, 0.717) is 11.1 Å². The van der Waals surface area contributed by atoms with Gasteiger partial charge in [0.1, 0.15) is 0 Å². The van der Waals surface area contributed by atoms with Gasteiger partial charge in [-0.2, -0.15) is 0 Å². The minimum Gasteiger partial charge on any atom is -0.278 e. The summed E-state index contributed by atoms with van der Waals surface area (Å²) < 4.78 is 27.8. The van der Waals surface area contributed by atoms with Crippen molar-refractivity contribution in [1.82, 2.24) is 9.62 Å². The van der Waals surface area contributed by atoms with Gasteiger partial charge in [0.2, 0.25) is 21.8 Å². The Morgan fingerprint density at radius 2 is 1.65 bits per heavy atom. The number of benzene rings is 1. The Hall–Kier alpha value is -1.73. The molecular formula is C19H24N2O4S. The third-order valence-electron chi connectivity index (χ3n) is 5.71. The van der Waals surface area contributed by atoms with Crippen LogP contribution < -0.4 is 4.72 Å². The van der Waals surface area contributed by atoms with Gasteiger partial charge in [-0.15, -0.1) is 0 Å². The first kappa shape index (κ1) is 17.7. The maximum Gasteiger partial charge on any atom is 0.241 e. The van der Waals surface area contributed by atoms with Gasteiger partial charge in [-0.25, -0.2) is 13.1 Å². The number of fused-ring (bicyclic) bond motifs is 1. The molecule has 0 radical (unpaired) electrons. The van der Waals surface area contributed by atoms with Gasteiger partial charge in [0, 0.05) is 6.04 Å². The van der Waals surface area contributed by atoms with Crippen LogP contribution in [0.15, 0.2) is 23.1 Å². The fourth-order valence-corrected chi connectivity index (χ4v) is 5.69. The zero-order valence-corrected chi connectivity index (χ0v) is 15.7. The van der Waals surface area contributed by atoms with Crippen LogP contribution in [-0.4, -0.2) is 31.2 Å². The first-order chi connectivity index (χ1) is 12.4. The molecule has 26 heavy (non-hydrogen) atoms. The van der Waals surface area contributed by atoms with Gasteiger partial charge < -0.3 is 0 Å². The van der Waals surface area contributed by atoms with Gasteiger partial charge in [-0.1, -0.05) is 25.0 Å². The van der Waals surface area contributed by atoms with Gasteiger partial charge in [0.25, 0.3) is 0 Å². The molecule has 0 aromatic heterocycles.